The van der Waals surface area contributed by atoms with Crippen molar-refractivity contribution in [3.05, 3.63) is 23.9 Å². The smallest absolute Gasteiger partial charge is 0.422 e. The number of amides is 2. The van der Waals surface area contributed by atoms with Gasteiger partial charge >= 0.3 is 18.4 Å². The Morgan fingerprint density at radius 1 is 1.20 bits per heavy atom. The fraction of sp³-hybridized carbons (Fsp3) is 0.571. The lowest BCUT2D eigenvalue weighted by atomic mass is 10.1. The zero-order valence-electron chi connectivity index (χ0n) is 12.8. The van der Waals surface area contributed by atoms with Gasteiger partial charge in [-0.1, -0.05) is 0 Å². The van der Waals surface area contributed by atoms with E-state index in [4.69, 9.17) is 0 Å². The molecule has 0 aromatic carbocycles. The van der Waals surface area contributed by atoms with Crippen LogP contribution >= 0.6 is 0 Å². The van der Waals surface area contributed by atoms with E-state index in [1.54, 1.807) is 0 Å². The molecule has 2 N–H and O–H groups in total. The van der Waals surface area contributed by atoms with E-state index < -0.39 is 37.0 Å². The molecule has 25 heavy (non-hydrogen) atoms. The van der Waals surface area contributed by atoms with Crippen molar-refractivity contribution in [2.24, 2.45) is 5.41 Å². The van der Waals surface area contributed by atoms with Crippen LogP contribution in [0.3, 0.4) is 0 Å². The van der Waals surface area contributed by atoms with Crippen molar-refractivity contribution in [3.8, 4) is 5.88 Å². The summed E-state index contributed by atoms with van der Waals surface area (Å²) in [4.78, 5) is 15.2. The predicted molar refractivity (Wildman–Crippen MR) is 73.7 cm³/mol. The number of urea groups is 1. The molecule has 0 atom stereocenters. The molecule has 0 spiro atoms. The van der Waals surface area contributed by atoms with Crippen molar-refractivity contribution in [3.63, 3.8) is 0 Å². The molecule has 140 valence electrons. The number of carbonyl (C=O) groups is 1. The Labute approximate surface area is 138 Å². The Bertz CT molecular complexity index is 613. The maximum atomic E-state index is 12.7. The number of hydrogen-bond donors (Lipinski definition) is 2. The number of alkyl halides is 6. The van der Waals surface area contributed by atoms with Crippen LogP contribution in [0.2, 0.25) is 0 Å². The number of pyridine rings is 1. The minimum Gasteiger partial charge on any atom is -0.468 e. The van der Waals surface area contributed by atoms with E-state index in [9.17, 15) is 31.1 Å². The molecular formula is C14H15F6N3O2. The molecule has 1 heterocycles. The normalized spacial score (nSPS) is 16.2. The Balaban J connectivity index is 1.78. The van der Waals surface area contributed by atoms with Gasteiger partial charge in [0.05, 0.1) is 5.41 Å². The summed E-state index contributed by atoms with van der Waals surface area (Å²) in [6, 6.07) is 1.83. The summed E-state index contributed by atoms with van der Waals surface area (Å²) in [5.41, 5.74) is -1.46. The molecule has 0 aliphatic heterocycles. The van der Waals surface area contributed by atoms with Crippen LogP contribution in [0.5, 0.6) is 5.88 Å². The highest BCUT2D eigenvalue weighted by Crippen LogP contribution is 2.56. The Hall–Kier alpha value is -2.20. The lowest BCUT2D eigenvalue weighted by Crippen LogP contribution is -2.42. The van der Waals surface area contributed by atoms with E-state index in [0.717, 1.165) is 0 Å². The van der Waals surface area contributed by atoms with E-state index in [0.29, 0.717) is 5.56 Å². The van der Waals surface area contributed by atoms with Gasteiger partial charge in [-0.25, -0.2) is 9.78 Å². The summed E-state index contributed by atoms with van der Waals surface area (Å²) in [6.45, 7) is -2.12. The molecule has 1 aliphatic carbocycles. The van der Waals surface area contributed by atoms with Crippen LogP contribution in [0.25, 0.3) is 0 Å². The van der Waals surface area contributed by atoms with Crippen molar-refractivity contribution in [2.45, 2.75) is 31.7 Å². The number of rotatable bonds is 6. The molecule has 0 saturated heterocycles. The van der Waals surface area contributed by atoms with Gasteiger partial charge in [0.2, 0.25) is 5.88 Å². The third kappa shape index (κ3) is 5.68. The second-order valence-electron chi connectivity index (χ2n) is 5.72. The lowest BCUT2D eigenvalue weighted by Gasteiger charge is -2.19. The van der Waals surface area contributed by atoms with E-state index in [1.807, 2.05) is 0 Å². The minimum atomic E-state index is -4.51. The van der Waals surface area contributed by atoms with Gasteiger partial charge in [-0.05, 0) is 24.5 Å². The molecular weight excluding hydrogens is 356 g/mol. The van der Waals surface area contributed by atoms with Gasteiger partial charge in [-0.15, -0.1) is 0 Å². The van der Waals surface area contributed by atoms with Gasteiger partial charge in [-0.3, -0.25) is 0 Å². The monoisotopic (exact) mass is 371 g/mol. The number of nitrogens with zero attached hydrogens (tertiary/aromatic N) is 1. The summed E-state index contributed by atoms with van der Waals surface area (Å²) in [7, 11) is 0. The van der Waals surface area contributed by atoms with Crippen LogP contribution in [-0.2, 0) is 6.54 Å². The van der Waals surface area contributed by atoms with Crippen molar-refractivity contribution >= 4 is 6.03 Å². The van der Waals surface area contributed by atoms with Gasteiger partial charge in [0, 0.05) is 25.4 Å². The molecule has 0 radical (unpaired) electrons. The first-order valence-electron chi connectivity index (χ1n) is 7.24. The third-order valence-corrected chi connectivity index (χ3v) is 3.68. The van der Waals surface area contributed by atoms with Gasteiger partial charge in [0.15, 0.2) is 6.61 Å². The van der Waals surface area contributed by atoms with E-state index in [1.165, 1.54) is 18.3 Å². The first-order valence-corrected chi connectivity index (χ1v) is 7.24. The van der Waals surface area contributed by atoms with Crippen LogP contribution in [0.4, 0.5) is 31.1 Å². The van der Waals surface area contributed by atoms with Gasteiger partial charge < -0.3 is 15.4 Å². The topological polar surface area (TPSA) is 63.2 Å². The number of nitrogens with one attached hydrogen (secondary N) is 2. The fourth-order valence-corrected chi connectivity index (χ4v) is 2.00. The summed E-state index contributed by atoms with van der Waals surface area (Å²) in [5, 5.41) is 4.48. The van der Waals surface area contributed by atoms with E-state index in [-0.39, 0.29) is 25.3 Å². The highest BCUT2D eigenvalue weighted by atomic mass is 19.4. The number of hydrogen-bond acceptors (Lipinski definition) is 3. The number of carbonyl (C=O) groups excluding carboxylic acids is 1. The number of aromatic nitrogens is 1. The SMILES string of the molecule is O=C(NCc1ccnc(OCC(F)(F)F)c1)NCC1(C(F)(F)F)CC1. The molecule has 11 heteroatoms. The fourth-order valence-electron chi connectivity index (χ4n) is 2.00. The number of halogens is 6. The molecule has 1 aliphatic rings. The Kier molecular flexibility index (Phi) is 5.33. The van der Waals surface area contributed by atoms with Crippen LogP contribution in [0.15, 0.2) is 18.3 Å². The second-order valence-corrected chi connectivity index (χ2v) is 5.72. The van der Waals surface area contributed by atoms with Crippen LogP contribution < -0.4 is 15.4 Å². The first kappa shape index (κ1) is 19.1. The van der Waals surface area contributed by atoms with Gasteiger partial charge in [0.1, 0.15) is 0 Å². The molecule has 1 aromatic rings. The zero-order valence-corrected chi connectivity index (χ0v) is 12.8. The summed E-state index contributed by atoms with van der Waals surface area (Å²) >= 11 is 0. The largest absolute Gasteiger partial charge is 0.468 e. The molecule has 0 unspecified atom stereocenters. The molecule has 0 bridgehead atoms. The predicted octanol–water partition coefficient (Wildman–Crippen LogP) is 3.16. The highest BCUT2D eigenvalue weighted by molar-refractivity contribution is 5.73. The van der Waals surface area contributed by atoms with Crippen molar-refractivity contribution in [1.29, 1.82) is 0 Å². The standard InChI is InChI=1S/C14H15F6N3O2/c15-13(16,17)8-25-10-5-9(1-4-21-10)6-22-11(24)23-7-12(2-3-12)14(18,19)20/h1,4-5H,2-3,6-8H2,(H2,22,23,24). The third-order valence-electron chi connectivity index (χ3n) is 3.68. The highest BCUT2D eigenvalue weighted by Gasteiger charge is 2.63. The maximum absolute atomic E-state index is 12.7. The van der Waals surface area contributed by atoms with Crippen molar-refractivity contribution in [2.75, 3.05) is 13.2 Å². The minimum absolute atomic E-state index is 0.0267. The van der Waals surface area contributed by atoms with Gasteiger partial charge in [-0.2, -0.15) is 26.3 Å². The van der Waals surface area contributed by atoms with Crippen molar-refractivity contribution < 1.29 is 35.9 Å². The molecule has 1 fully saturated rings. The summed E-state index contributed by atoms with van der Waals surface area (Å²) in [5.74, 6) is -0.272. The molecule has 2 rings (SSSR count). The van der Waals surface area contributed by atoms with Crippen LogP contribution in [0.1, 0.15) is 18.4 Å². The Morgan fingerprint density at radius 2 is 1.88 bits per heavy atom. The number of ether oxygens (including phenoxy) is 1. The van der Waals surface area contributed by atoms with E-state index >= 15 is 0 Å². The first-order chi connectivity index (χ1) is 11.5. The zero-order chi connectivity index (χ0) is 18.7. The van der Waals surface area contributed by atoms with Crippen LogP contribution in [0, 0.1) is 5.41 Å². The van der Waals surface area contributed by atoms with Crippen LogP contribution in [-0.4, -0.2) is 36.5 Å². The molecule has 1 saturated carbocycles. The summed E-state index contributed by atoms with van der Waals surface area (Å²) in [6.07, 6.45) is -7.73. The van der Waals surface area contributed by atoms with E-state index in [2.05, 4.69) is 20.4 Å². The Morgan fingerprint density at radius 3 is 2.44 bits per heavy atom. The average Bonchev–Trinajstić information content (AvgIpc) is 3.30. The maximum Gasteiger partial charge on any atom is 0.422 e. The van der Waals surface area contributed by atoms with Crippen molar-refractivity contribution in [1.82, 2.24) is 15.6 Å². The second kappa shape index (κ2) is 6.96. The molecule has 1 aromatic heterocycles. The average molecular weight is 371 g/mol. The molecule has 5 nitrogen and oxygen atoms in total. The molecule has 2 amide bonds. The quantitative estimate of drug-likeness (QED) is 0.755. The lowest BCUT2D eigenvalue weighted by molar-refractivity contribution is -0.184. The summed E-state index contributed by atoms with van der Waals surface area (Å²) < 4.78 is 78.8. The van der Waals surface area contributed by atoms with Gasteiger partial charge in [0.25, 0.3) is 0 Å².